The maximum atomic E-state index is 12.9. The zero-order valence-corrected chi connectivity index (χ0v) is 15.6. The zero-order chi connectivity index (χ0) is 19.3. The Balaban J connectivity index is 1.88. The van der Waals surface area contributed by atoms with E-state index in [-0.39, 0.29) is 28.7 Å². The van der Waals surface area contributed by atoms with E-state index < -0.39 is 9.84 Å². The SMILES string of the molecule is CN(Cc1cnccn1)C(=O)c1ccccc1S(=O)(=O)Cc1ccccc1. The smallest absolute Gasteiger partial charge is 0.255 e. The van der Waals surface area contributed by atoms with Crippen molar-refractivity contribution >= 4 is 15.7 Å². The Kier molecular flexibility index (Phi) is 5.61. The minimum absolute atomic E-state index is 0.0323. The lowest BCUT2D eigenvalue weighted by Gasteiger charge is -2.18. The van der Waals surface area contributed by atoms with Gasteiger partial charge < -0.3 is 4.90 Å². The standard InChI is InChI=1S/C20H19N3O3S/c1-23(14-17-13-21-11-12-22-17)20(24)18-9-5-6-10-19(18)27(25,26)15-16-7-3-2-4-8-16/h2-13H,14-15H2,1H3. The summed E-state index contributed by atoms with van der Waals surface area (Å²) in [5, 5.41) is 0. The highest BCUT2D eigenvalue weighted by atomic mass is 32.2. The molecule has 27 heavy (non-hydrogen) atoms. The topological polar surface area (TPSA) is 80.2 Å². The van der Waals surface area contributed by atoms with Crippen LogP contribution in [-0.4, -0.2) is 36.2 Å². The third-order valence-corrected chi connectivity index (χ3v) is 5.75. The van der Waals surface area contributed by atoms with Crippen LogP contribution in [0.25, 0.3) is 0 Å². The van der Waals surface area contributed by atoms with Crippen molar-refractivity contribution in [2.45, 2.75) is 17.2 Å². The number of hydrogen-bond acceptors (Lipinski definition) is 5. The zero-order valence-electron chi connectivity index (χ0n) is 14.8. The largest absolute Gasteiger partial charge is 0.336 e. The van der Waals surface area contributed by atoms with Gasteiger partial charge >= 0.3 is 0 Å². The molecule has 7 heteroatoms. The molecule has 0 bridgehead atoms. The van der Waals surface area contributed by atoms with Gasteiger partial charge in [0.1, 0.15) is 0 Å². The molecule has 0 N–H and O–H groups in total. The Morgan fingerprint density at radius 2 is 1.70 bits per heavy atom. The van der Waals surface area contributed by atoms with Crippen molar-refractivity contribution in [2.75, 3.05) is 7.05 Å². The third kappa shape index (κ3) is 4.57. The first-order chi connectivity index (χ1) is 13.0. The first kappa shape index (κ1) is 18.7. The molecule has 2 aromatic carbocycles. The van der Waals surface area contributed by atoms with Crippen molar-refractivity contribution in [1.82, 2.24) is 14.9 Å². The van der Waals surface area contributed by atoms with Crippen molar-refractivity contribution in [3.8, 4) is 0 Å². The number of sulfone groups is 1. The average molecular weight is 381 g/mol. The molecule has 6 nitrogen and oxygen atoms in total. The lowest BCUT2D eigenvalue weighted by molar-refractivity contribution is 0.0779. The molecule has 0 aliphatic rings. The molecule has 3 aromatic rings. The highest BCUT2D eigenvalue weighted by Gasteiger charge is 2.24. The lowest BCUT2D eigenvalue weighted by Crippen LogP contribution is -2.28. The van der Waals surface area contributed by atoms with Crippen LogP contribution in [0.4, 0.5) is 0 Å². The molecule has 0 aliphatic heterocycles. The molecule has 0 aliphatic carbocycles. The molecule has 138 valence electrons. The van der Waals surface area contributed by atoms with Gasteiger partial charge in [0.2, 0.25) is 0 Å². The van der Waals surface area contributed by atoms with E-state index >= 15 is 0 Å². The fourth-order valence-electron chi connectivity index (χ4n) is 2.72. The van der Waals surface area contributed by atoms with E-state index in [0.29, 0.717) is 11.3 Å². The molecule has 0 radical (unpaired) electrons. The summed E-state index contributed by atoms with van der Waals surface area (Å²) >= 11 is 0. The van der Waals surface area contributed by atoms with Crippen LogP contribution < -0.4 is 0 Å². The van der Waals surface area contributed by atoms with Crippen LogP contribution in [0, 0.1) is 0 Å². The Morgan fingerprint density at radius 3 is 2.41 bits per heavy atom. The maximum absolute atomic E-state index is 12.9. The second-order valence-electron chi connectivity index (χ2n) is 6.10. The van der Waals surface area contributed by atoms with Crippen molar-refractivity contribution in [1.29, 1.82) is 0 Å². The van der Waals surface area contributed by atoms with E-state index in [1.807, 2.05) is 6.07 Å². The highest BCUT2D eigenvalue weighted by Crippen LogP contribution is 2.22. The van der Waals surface area contributed by atoms with Crippen molar-refractivity contribution in [3.63, 3.8) is 0 Å². The number of rotatable bonds is 6. The predicted octanol–water partition coefficient (Wildman–Crippen LogP) is 2.72. The van der Waals surface area contributed by atoms with Gasteiger partial charge in [0.25, 0.3) is 5.91 Å². The van der Waals surface area contributed by atoms with Gasteiger partial charge in [0, 0.05) is 19.4 Å². The van der Waals surface area contributed by atoms with E-state index in [0.717, 1.165) is 0 Å². The molecule has 1 amide bonds. The molecule has 0 saturated carbocycles. The van der Waals surface area contributed by atoms with Crippen molar-refractivity contribution in [3.05, 3.63) is 90.0 Å². The fraction of sp³-hybridized carbons (Fsp3) is 0.150. The van der Waals surface area contributed by atoms with Crippen molar-refractivity contribution in [2.24, 2.45) is 0 Å². The van der Waals surface area contributed by atoms with Gasteiger partial charge in [-0.25, -0.2) is 8.42 Å². The monoisotopic (exact) mass is 381 g/mol. The van der Waals surface area contributed by atoms with E-state index in [1.165, 1.54) is 17.0 Å². The van der Waals surface area contributed by atoms with Crippen molar-refractivity contribution < 1.29 is 13.2 Å². The minimum atomic E-state index is -3.67. The van der Waals surface area contributed by atoms with E-state index in [4.69, 9.17) is 0 Å². The summed E-state index contributed by atoms with van der Waals surface area (Å²) in [5.41, 5.74) is 1.45. The first-order valence-electron chi connectivity index (χ1n) is 8.33. The summed E-state index contributed by atoms with van der Waals surface area (Å²) in [7, 11) is -2.06. The maximum Gasteiger partial charge on any atom is 0.255 e. The van der Waals surface area contributed by atoms with Crippen LogP contribution in [0.2, 0.25) is 0 Å². The second kappa shape index (κ2) is 8.09. The van der Waals surface area contributed by atoms with Gasteiger partial charge in [0.15, 0.2) is 9.84 Å². The third-order valence-electron chi connectivity index (χ3n) is 4.01. The Labute approximate surface area is 158 Å². The molecule has 0 saturated heterocycles. The van der Waals surface area contributed by atoms with E-state index in [1.54, 1.807) is 62.0 Å². The molecular weight excluding hydrogens is 362 g/mol. The Hall–Kier alpha value is -3.06. The van der Waals surface area contributed by atoms with E-state index in [9.17, 15) is 13.2 Å². The van der Waals surface area contributed by atoms with Gasteiger partial charge in [-0.15, -0.1) is 0 Å². The van der Waals surface area contributed by atoms with Gasteiger partial charge in [-0.05, 0) is 17.7 Å². The Bertz CT molecular complexity index is 1020. The van der Waals surface area contributed by atoms with Gasteiger partial charge in [0.05, 0.1) is 34.6 Å². The molecule has 0 fully saturated rings. The van der Waals surface area contributed by atoms with Gasteiger partial charge in [-0.1, -0.05) is 42.5 Å². The van der Waals surface area contributed by atoms with Gasteiger partial charge in [-0.2, -0.15) is 0 Å². The molecule has 3 rings (SSSR count). The molecule has 1 heterocycles. The summed E-state index contributed by atoms with van der Waals surface area (Å²) in [5.74, 6) is -0.542. The van der Waals surface area contributed by atoms with Crippen LogP contribution in [0.15, 0.2) is 78.1 Å². The summed E-state index contributed by atoms with van der Waals surface area (Å²) in [4.78, 5) is 22.5. The van der Waals surface area contributed by atoms with Crippen LogP contribution in [0.3, 0.4) is 0 Å². The number of aromatic nitrogens is 2. The van der Waals surface area contributed by atoms with Crippen LogP contribution in [0.1, 0.15) is 21.6 Å². The molecule has 0 atom stereocenters. The number of amides is 1. The summed E-state index contributed by atoms with van der Waals surface area (Å²) in [6.45, 7) is 0.236. The van der Waals surface area contributed by atoms with E-state index in [2.05, 4.69) is 9.97 Å². The predicted molar refractivity (Wildman–Crippen MR) is 102 cm³/mol. The molecular formula is C20H19N3O3S. The number of benzene rings is 2. The number of carbonyl (C=O) groups excluding carboxylic acids is 1. The number of nitrogens with zero attached hydrogens (tertiary/aromatic N) is 3. The fourth-order valence-corrected chi connectivity index (χ4v) is 4.28. The molecule has 1 aromatic heterocycles. The summed E-state index contributed by atoms with van der Waals surface area (Å²) in [6.07, 6.45) is 4.67. The lowest BCUT2D eigenvalue weighted by atomic mass is 10.2. The molecule has 0 spiro atoms. The normalized spacial score (nSPS) is 11.1. The average Bonchev–Trinajstić information content (AvgIpc) is 2.68. The highest BCUT2D eigenvalue weighted by molar-refractivity contribution is 7.90. The summed E-state index contributed by atoms with van der Waals surface area (Å²) in [6, 6.07) is 15.2. The second-order valence-corrected chi connectivity index (χ2v) is 8.06. The first-order valence-corrected chi connectivity index (χ1v) is 9.98. The molecule has 0 unspecified atom stereocenters. The van der Waals surface area contributed by atoms with Crippen LogP contribution in [0.5, 0.6) is 0 Å². The quantitative estimate of drug-likeness (QED) is 0.656. The summed E-state index contributed by atoms with van der Waals surface area (Å²) < 4.78 is 25.8. The van der Waals surface area contributed by atoms with Gasteiger partial charge in [-0.3, -0.25) is 14.8 Å². The van der Waals surface area contributed by atoms with Crippen LogP contribution in [-0.2, 0) is 22.1 Å². The minimum Gasteiger partial charge on any atom is -0.336 e. The number of carbonyl (C=O) groups is 1. The van der Waals surface area contributed by atoms with Crippen LogP contribution >= 0.6 is 0 Å². The Morgan fingerprint density at radius 1 is 1.00 bits per heavy atom. The number of hydrogen-bond donors (Lipinski definition) is 0.